The summed E-state index contributed by atoms with van der Waals surface area (Å²) in [6, 6.07) is 11.8. The van der Waals surface area contributed by atoms with Crippen LogP contribution in [0.4, 0.5) is 0 Å². The quantitative estimate of drug-likeness (QED) is 0.461. The lowest BCUT2D eigenvalue weighted by Gasteiger charge is -2.13. The monoisotopic (exact) mass is 232 g/mol. The molecule has 4 heteroatoms. The maximum Gasteiger partial charge on any atom is 0.190 e. The summed E-state index contributed by atoms with van der Waals surface area (Å²) in [5.41, 5.74) is 1.05. The van der Waals surface area contributed by atoms with Crippen molar-refractivity contribution >= 4 is 11.8 Å². The largest absolute Gasteiger partial charge is 0.366 e. The average molecular weight is 232 g/mol. The number of nitrogens with zero attached hydrogens (tertiary/aromatic N) is 2. The molecule has 0 radical (unpaired) electrons. The van der Waals surface area contributed by atoms with Gasteiger partial charge < -0.3 is 4.74 Å². The van der Waals surface area contributed by atoms with Crippen LogP contribution in [0.3, 0.4) is 0 Å². The molecule has 0 spiro atoms. The number of aromatic nitrogens is 2. The van der Waals surface area contributed by atoms with E-state index in [-0.39, 0.29) is 5.44 Å². The second-order valence-electron chi connectivity index (χ2n) is 3.13. The van der Waals surface area contributed by atoms with Crippen LogP contribution in [0.2, 0.25) is 0 Å². The molecule has 0 saturated carbocycles. The van der Waals surface area contributed by atoms with Crippen molar-refractivity contribution in [3.8, 4) is 0 Å². The minimum atomic E-state index is -0.0661. The molecule has 0 N–H and O–H groups in total. The second-order valence-corrected chi connectivity index (χ2v) is 4.16. The lowest BCUT2D eigenvalue weighted by molar-refractivity contribution is 0.175. The van der Waals surface area contributed by atoms with Crippen molar-refractivity contribution in [1.29, 1.82) is 0 Å². The van der Waals surface area contributed by atoms with E-state index < -0.39 is 0 Å². The number of hydrogen-bond donors (Lipinski definition) is 0. The number of rotatable bonds is 4. The van der Waals surface area contributed by atoms with Crippen LogP contribution in [0.15, 0.2) is 53.9 Å². The molecule has 16 heavy (non-hydrogen) atoms. The normalized spacial score (nSPS) is 12.3. The number of methoxy groups -OCH3 is 1. The zero-order chi connectivity index (χ0) is 11.2. The molecular formula is C12H12N2OS. The van der Waals surface area contributed by atoms with Gasteiger partial charge in [0.2, 0.25) is 0 Å². The molecule has 0 aliphatic rings. The van der Waals surface area contributed by atoms with Gasteiger partial charge in [-0.1, -0.05) is 30.3 Å². The highest BCUT2D eigenvalue weighted by Crippen LogP contribution is 2.32. The van der Waals surface area contributed by atoms with Crippen molar-refractivity contribution in [2.75, 3.05) is 7.11 Å². The Bertz CT molecular complexity index is 422. The summed E-state index contributed by atoms with van der Waals surface area (Å²) in [5.74, 6) is 0. The molecule has 0 saturated heterocycles. The Morgan fingerprint density at radius 3 is 2.38 bits per heavy atom. The fourth-order valence-electron chi connectivity index (χ4n) is 1.30. The third-order valence-electron chi connectivity index (χ3n) is 2.04. The second kappa shape index (κ2) is 5.63. The summed E-state index contributed by atoms with van der Waals surface area (Å²) in [6.07, 6.45) is 3.46. The maximum absolute atomic E-state index is 5.42. The molecule has 2 rings (SSSR count). The Kier molecular flexibility index (Phi) is 3.91. The average Bonchev–Trinajstić information content (AvgIpc) is 2.38. The summed E-state index contributed by atoms with van der Waals surface area (Å²) in [7, 11) is 1.69. The highest BCUT2D eigenvalue weighted by molar-refractivity contribution is 7.99. The van der Waals surface area contributed by atoms with Crippen molar-refractivity contribution in [2.24, 2.45) is 0 Å². The fraction of sp³-hybridized carbons (Fsp3) is 0.167. The highest BCUT2D eigenvalue weighted by Gasteiger charge is 2.12. The molecule has 0 bridgehead atoms. The fourth-order valence-corrected chi connectivity index (χ4v) is 2.13. The summed E-state index contributed by atoms with van der Waals surface area (Å²) < 4.78 is 5.42. The van der Waals surface area contributed by atoms with Crippen LogP contribution < -0.4 is 0 Å². The van der Waals surface area contributed by atoms with Crippen LogP contribution in [0.25, 0.3) is 0 Å². The van der Waals surface area contributed by atoms with Gasteiger partial charge in [-0.3, -0.25) is 0 Å². The maximum atomic E-state index is 5.42. The molecule has 1 atom stereocenters. The van der Waals surface area contributed by atoms with E-state index in [0.717, 1.165) is 10.7 Å². The molecule has 3 nitrogen and oxygen atoms in total. The van der Waals surface area contributed by atoms with E-state index in [1.54, 1.807) is 25.6 Å². The SMILES string of the molecule is COC(Sc1ncccn1)c1ccccc1. The van der Waals surface area contributed by atoms with Gasteiger partial charge in [0.15, 0.2) is 5.16 Å². The number of ether oxygens (including phenoxy) is 1. The summed E-state index contributed by atoms with van der Waals surface area (Å²) in [4.78, 5) is 8.33. The standard InChI is InChI=1S/C12H12N2OS/c1-15-11(10-6-3-2-4-7-10)16-12-13-8-5-9-14-12/h2-9,11H,1H3. The summed E-state index contributed by atoms with van der Waals surface area (Å²) in [5, 5.41) is 0.721. The minimum Gasteiger partial charge on any atom is -0.366 e. The molecule has 1 heterocycles. The summed E-state index contributed by atoms with van der Waals surface area (Å²) >= 11 is 1.50. The smallest absolute Gasteiger partial charge is 0.190 e. The van der Waals surface area contributed by atoms with Crippen LogP contribution in [-0.2, 0) is 4.74 Å². The molecule has 1 unspecified atom stereocenters. The van der Waals surface area contributed by atoms with Gasteiger partial charge in [-0.25, -0.2) is 9.97 Å². The molecule has 0 aliphatic carbocycles. The first kappa shape index (κ1) is 11.1. The Morgan fingerprint density at radius 2 is 1.75 bits per heavy atom. The third kappa shape index (κ3) is 2.81. The summed E-state index contributed by atoms with van der Waals surface area (Å²) in [6.45, 7) is 0. The van der Waals surface area contributed by atoms with Crippen molar-refractivity contribution in [1.82, 2.24) is 9.97 Å². The van der Waals surface area contributed by atoms with E-state index in [2.05, 4.69) is 9.97 Å². The van der Waals surface area contributed by atoms with E-state index in [0.29, 0.717) is 0 Å². The van der Waals surface area contributed by atoms with Crippen molar-refractivity contribution in [3.63, 3.8) is 0 Å². The van der Waals surface area contributed by atoms with Crippen molar-refractivity contribution in [3.05, 3.63) is 54.4 Å². The molecule has 82 valence electrons. The zero-order valence-corrected chi connectivity index (χ0v) is 9.72. The molecule has 0 amide bonds. The van der Waals surface area contributed by atoms with E-state index in [1.807, 2.05) is 30.3 Å². The van der Waals surface area contributed by atoms with Gasteiger partial charge in [0.25, 0.3) is 0 Å². The highest BCUT2D eigenvalue weighted by atomic mass is 32.2. The Balaban J connectivity index is 2.13. The van der Waals surface area contributed by atoms with E-state index in [9.17, 15) is 0 Å². The van der Waals surface area contributed by atoms with Gasteiger partial charge in [-0.2, -0.15) is 0 Å². The minimum absolute atomic E-state index is 0.0661. The van der Waals surface area contributed by atoms with E-state index >= 15 is 0 Å². The molecule has 2 aromatic rings. The molecule has 1 aromatic heterocycles. The number of hydrogen-bond acceptors (Lipinski definition) is 4. The zero-order valence-electron chi connectivity index (χ0n) is 8.91. The van der Waals surface area contributed by atoms with E-state index in [4.69, 9.17) is 4.74 Å². The Hall–Kier alpha value is -1.39. The third-order valence-corrected chi connectivity index (χ3v) is 3.14. The lowest BCUT2D eigenvalue weighted by atomic mass is 10.2. The molecule has 1 aromatic carbocycles. The predicted octanol–water partition coefficient (Wildman–Crippen LogP) is 2.91. The molecular weight excluding hydrogens is 220 g/mol. The topological polar surface area (TPSA) is 35.0 Å². The molecule has 0 fully saturated rings. The first-order valence-corrected chi connectivity index (χ1v) is 5.79. The van der Waals surface area contributed by atoms with Crippen LogP contribution in [0, 0.1) is 0 Å². The van der Waals surface area contributed by atoms with Crippen LogP contribution >= 0.6 is 11.8 Å². The van der Waals surface area contributed by atoms with Gasteiger partial charge in [0.05, 0.1) is 0 Å². The first-order chi connectivity index (χ1) is 7.90. The van der Waals surface area contributed by atoms with Crippen molar-refractivity contribution < 1.29 is 4.74 Å². The first-order valence-electron chi connectivity index (χ1n) is 4.91. The predicted molar refractivity (Wildman–Crippen MR) is 64.1 cm³/mol. The Labute approximate surface area is 98.9 Å². The number of benzene rings is 1. The van der Waals surface area contributed by atoms with E-state index in [1.165, 1.54) is 11.8 Å². The van der Waals surface area contributed by atoms with Crippen LogP contribution in [-0.4, -0.2) is 17.1 Å². The van der Waals surface area contributed by atoms with Gasteiger partial charge in [0.1, 0.15) is 5.44 Å². The van der Waals surface area contributed by atoms with Crippen LogP contribution in [0.5, 0.6) is 0 Å². The number of thioether (sulfide) groups is 1. The van der Waals surface area contributed by atoms with Gasteiger partial charge >= 0.3 is 0 Å². The molecule has 0 aliphatic heterocycles. The Morgan fingerprint density at radius 1 is 1.06 bits per heavy atom. The van der Waals surface area contributed by atoms with Gasteiger partial charge in [-0.05, 0) is 23.4 Å². The lowest BCUT2D eigenvalue weighted by Crippen LogP contribution is -1.97. The van der Waals surface area contributed by atoms with Crippen LogP contribution in [0.1, 0.15) is 11.0 Å². The van der Waals surface area contributed by atoms with Gasteiger partial charge in [0, 0.05) is 19.5 Å². The van der Waals surface area contributed by atoms with Gasteiger partial charge in [-0.15, -0.1) is 0 Å². The van der Waals surface area contributed by atoms with Crippen molar-refractivity contribution in [2.45, 2.75) is 10.6 Å².